The molecule has 1 aromatic heterocycles. The van der Waals surface area contributed by atoms with Crippen LogP contribution in [-0.2, 0) is 0 Å². The molecular formula is C10H13ClN2O. The zero-order valence-electron chi connectivity index (χ0n) is 8.33. The van der Waals surface area contributed by atoms with Crippen molar-refractivity contribution in [3.05, 3.63) is 29.0 Å². The van der Waals surface area contributed by atoms with Gasteiger partial charge in [-0.3, -0.25) is 4.79 Å². The van der Waals surface area contributed by atoms with Gasteiger partial charge in [-0.1, -0.05) is 18.5 Å². The van der Waals surface area contributed by atoms with Crippen LogP contribution in [0.25, 0.3) is 0 Å². The number of hydrogen-bond acceptors (Lipinski definition) is 2. The van der Waals surface area contributed by atoms with Crippen LogP contribution in [0.2, 0.25) is 5.15 Å². The topological polar surface area (TPSA) is 33.2 Å². The summed E-state index contributed by atoms with van der Waals surface area (Å²) in [5.41, 5.74) is 0.463. The normalized spacial score (nSPS) is 9.93. The number of nitrogens with zero attached hydrogens (tertiary/aromatic N) is 2. The Morgan fingerprint density at radius 3 is 2.93 bits per heavy atom. The second-order valence-electron chi connectivity index (χ2n) is 3.07. The van der Waals surface area contributed by atoms with Crippen LogP contribution in [-0.4, -0.2) is 29.4 Å². The Kier molecular flexibility index (Phi) is 3.89. The number of hydrogen-bond donors (Lipinski definition) is 0. The first-order valence-corrected chi connectivity index (χ1v) is 4.90. The molecule has 0 aliphatic heterocycles. The van der Waals surface area contributed by atoms with E-state index in [1.165, 1.54) is 0 Å². The van der Waals surface area contributed by atoms with E-state index in [0.717, 1.165) is 13.0 Å². The third-order valence-corrected chi connectivity index (χ3v) is 2.20. The summed E-state index contributed by atoms with van der Waals surface area (Å²) in [6.45, 7) is 2.75. The fraction of sp³-hybridized carbons (Fsp3) is 0.400. The molecule has 14 heavy (non-hydrogen) atoms. The molecule has 0 saturated carbocycles. The van der Waals surface area contributed by atoms with E-state index in [-0.39, 0.29) is 11.1 Å². The third-order valence-electron chi connectivity index (χ3n) is 1.90. The summed E-state index contributed by atoms with van der Waals surface area (Å²) in [7, 11) is 1.76. The van der Waals surface area contributed by atoms with Crippen molar-refractivity contribution in [3.63, 3.8) is 0 Å². The molecule has 0 aliphatic carbocycles. The fourth-order valence-corrected chi connectivity index (χ4v) is 1.39. The van der Waals surface area contributed by atoms with Crippen molar-refractivity contribution in [2.75, 3.05) is 13.6 Å². The first kappa shape index (κ1) is 11.0. The molecule has 0 N–H and O–H groups in total. The molecule has 0 atom stereocenters. The molecule has 0 radical (unpaired) electrons. The lowest BCUT2D eigenvalue weighted by Crippen LogP contribution is -2.27. The van der Waals surface area contributed by atoms with Crippen molar-refractivity contribution in [2.24, 2.45) is 0 Å². The Hall–Kier alpha value is -1.09. The minimum Gasteiger partial charge on any atom is -0.342 e. The van der Waals surface area contributed by atoms with Crippen LogP contribution in [0.5, 0.6) is 0 Å². The van der Waals surface area contributed by atoms with E-state index in [1.807, 2.05) is 6.92 Å². The maximum atomic E-state index is 11.8. The fourth-order valence-electron chi connectivity index (χ4n) is 1.19. The Labute approximate surface area is 88.7 Å². The van der Waals surface area contributed by atoms with E-state index >= 15 is 0 Å². The molecule has 76 valence electrons. The van der Waals surface area contributed by atoms with Gasteiger partial charge < -0.3 is 4.90 Å². The summed E-state index contributed by atoms with van der Waals surface area (Å²) in [6, 6.07) is 3.39. The number of amides is 1. The van der Waals surface area contributed by atoms with Crippen molar-refractivity contribution < 1.29 is 4.79 Å². The van der Waals surface area contributed by atoms with Gasteiger partial charge in [0.2, 0.25) is 0 Å². The van der Waals surface area contributed by atoms with Gasteiger partial charge in [0.05, 0.1) is 5.56 Å². The molecule has 0 bridgehead atoms. The largest absolute Gasteiger partial charge is 0.342 e. The molecule has 0 fully saturated rings. The van der Waals surface area contributed by atoms with Crippen molar-refractivity contribution >= 4 is 17.5 Å². The predicted octanol–water partition coefficient (Wildman–Crippen LogP) is 2.22. The molecule has 1 heterocycles. The minimum absolute atomic E-state index is 0.0787. The van der Waals surface area contributed by atoms with Gasteiger partial charge >= 0.3 is 0 Å². The van der Waals surface area contributed by atoms with E-state index < -0.39 is 0 Å². The molecule has 3 nitrogen and oxygen atoms in total. The monoisotopic (exact) mass is 212 g/mol. The molecule has 0 saturated heterocycles. The molecule has 0 aliphatic rings. The number of halogens is 1. The third kappa shape index (κ3) is 2.45. The SMILES string of the molecule is CCCN(C)C(=O)c1cccnc1Cl. The molecule has 1 amide bonds. The average molecular weight is 213 g/mol. The highest BCUT2D eigenvalue weighted by Crippen LogP contribution is 2.13. The lowest BCUT2D eigenvalue weighted by Gasteiger charge is -2.16. The number of carbonyl (C=O) groups excluding carboxylic acids is 1. The van der Waals surface area contributed by atoms with Gasteiger partial charge in [-0.15, -0.1) is 0 Å². The Balaban J connectivity index is 2.84. The number of rotatable bonds is 3. The van der Waals surface area contributed by atoms with Gasteiger partial charge in [-0.2, -0.15) is 0 Å². The van der Waals surface area contributed by atoms with Crippen LogP contribution >= 0.6 is 11.6 Å². The summed E-state index contributed by atoms with van der Waals surface area (Å²) in [4.78, 5) is 17.3. The standard InChI is InChI=1S/C10H13ClN2O/c1-3-7-13(2)10(14)8-5-4-6-12-9(8)11/h4-6H,3,7H2,1-2H3. The molecule has 1 aromatic rings. The van der Waals surface area contributed by atoms with Gasteiger partial charge in [0.25, 0.3) is 5.91 Å². The lowest BCUT2D eigenvalue weighted by atomic mass is 10.2. The number of carbonyl (C=O) groups is 1. The van der Waals surface area contributed by atoms with E-state index in [9.17, 15) is 4.79 Å². The van der Waals surface area contributed by atoms with Crippen LogP contribution in [0.4, 0.5) is 0 Å². The van der Waals surface area contributed by atoms with Gasteiger partial charge in [0.15, 0.2) is 0 Å². The summed E-state index contributed by atoms with van der Waals surface area (Å²) in [6.07, 6.45) is 2.50. The lowest BCUT2D eigenvalue weighted by molar-refractivity contribution is 0.0795. The van der Waals surface area contributed by atoms with Gasteiger partial charge in [-0.25, -0.2) is 4.98 Å². The summed E-state index contributed by atoms with van der Waals surface area (Å²) in [5, 5.41) is 0.264. The molecular weight excluding hydrogens is 200 g/mol. The van der Waals surface area contributed by atoms with Crippen LogP contribution in [0.15, 0.2) is 18.3 Å². The number of aromatic nitrogens is 1. The zero-order valence-corrected chi connectivity index (χ0v) is 9.08. The number of pyridine rings is 1. The second-order valence-corrected chi connectivity index (χ2v) is 3.43. The van der Waals surface area contributed by atoms with Crippen molar-refractivity contribution in [1.29, 1.82) is 0 Å². The highest BCUT2D eigenvalue weighted by Gasteiger charge is 2.14. The highest BCUT2D eigenvalue weighted by molar-refractivity contribution is 6.32. The zero-order chi connectivity index (χ0) is 10.6. The molecule has 0 aromatic carbocycles. The van der Waals surface area contributed by atoms with E-state index in [1.54, 1.807) is 30.3 Å². The Morgan fingerprint density at radius 1 is 1.64 bits per heavy atom. The van der Waals surface area contributed by atoms with Gasteiger partial charge in [0.1, 0.15) is 5.15 Å². The maximum Gasteiger partial charge on any atom is 0.256 e. The van der Waals surface area contributed by atoms with Crippen LogP contribution in [0.1, 0.15) is 23.7 Å². The second kappa shape index (κ2) is 4.96. The molecule has 0 spiro atoms. The van der Waals surface area contributed by atoms with E-state index in [0.29, 0.717) is 5.56 Å². The average Bonchev–Trinajstić information content (AvgIpc) is 2.18. The van der Waals surface area contributed by atoms with Crippen molar-refractivity contribution in [1.82, 2.24) is 9.88 Å². The first-order valence-electron chi connectivity index (χ1n) is 4.52. The van der Waals surface area contributed by atoms with E-state index in [4.69, 9.17) is 11.6 Å². The summed E-state index contributed by atoms with van der Waals surface area (Å²) >= 11 is 5.80. The summed E-state index contributed by atoms with van der Waals surface area (Å²) in [5.74, 6) is -0.0787. The smallest absolute Gasteiger partial charge is 0.256 e. The molecule has 0 unspecified atom stereocenters. The van der Waals surface area contributed by atoms with Crippen molar-refractivity contribution in [3.8, 4) is 0 Å². The van der Waals surface area contributed by atoms with Gasteiger partial charge in [-0.05, 0) is 18.6 Å². The quantitative estimate of drug-likeness (QED) is 0.720. The molecule has 1 rings (SSSR count). The van der Waals surface area contributed by atoms with Crippen LogP contribution in [0.3, 0.4) is 0 Å². The summed E-state index contributed by atoms with van der Waals surface area (Å²) < 4.78 is 0. The minimum atomic E-state index is -0.0787. The molecule has 4 heteroatoms. The van der Waals surface area contributed by atoms with Crippen LogP contribution in [0, 0.1) is 0 Å². The Morgan fingerprint density at radius 2 is 2.36 bits per heavy atom. The van der Waals surface area contributed by atoms with Crippen molar-refractivity contribution in [2.45, 2.75) is 13.3 Å². The van der Waals surface area contributed by atoms with Crippen LogP contribution < -0.4 is 0 Å². The predicted molar refractivity (Wildman–Crippen MR) is 56.5 cm³/mol. The highest BCUT2D eigenvalue weighted by atomic mass is 35.5. The first-order chi connectivity index (χ1) is 6.66. The van der Waals surface area contributed by atoms with Gasteiger partial charge in [0, 0.05) is 19.8 Å². The maximum absolute atomic E-state index is 11.8. The van der Waals surface area contributed by atoms with E-state index in [2.05, 4.69) is 4.98 Å². The Bertz CT molecular complexity index is 328.